The van der Waals surface area contributed by atoms with Crippen molar-refractivity contribution in [2.75, 3.05) is 14.7 Å². The minimum atomic E-state index is 0.114. The smallest absolute Gasteiger partial charge is 0.248 e. The molecule has 244 valence electrons. The van der Waals surface area contributed by atoms with E-state index in [9.17, 15) is 0 Å². The first-order chi connectivity index (χ1) is 25.8. The Hall–Kier alpha value is -6.78. The maximum absolute atomic E-state index is 2.47. The Bertz CT molecular complexity index is 2440. The molecule has 0 radical (unpaired) electrons. The summed E-state index contributed by atoms with van der Waals surface area (Å²) in [6.07, 6.45) is 0. The van der Waals surface area contributed by atoms with Crippen LogP contribution >= 0.6 is 0 Å². The molecule has 4 heteroatoms. The van der Waals surface area contributed by atoms with E-state index in [1.54, 1.807) is 0 Å². The second-order valence-electron chi connectivity index (χ2n) is 13.4. The number of rotatable bonds is 7. The zero-order valence-electron chi connectivity index (χ0n) is 28.5. The highest BCUT2D eigenvalue weighted by Crippen LogP contribution is 2.44. The zero-order valence-corrected chi connectivity index (χ0v) is 28.5. The lowest BCUT2D eigenvalue weighted by atomic mass is 9.37. The van der Waals surface area contributed by atoms with Gasteiger partial charge in [0.25, 0.3) is 0 Å². The van der Waals surface area contributed by atoms with E-state index in [-0.39, 0.29) is 6.71 Å². The van der Waals surface area contributed by atoms with Gasteiger partial charge in [0.2, 0.25) is 6.71 Å². The first kappa shape index (κ1) is 30.1. The fourth-order valence-electron chi connectivity index (χ4n) is 8.23. The molecular weight excluding hydrogens is 629 g/mol. The van der Waals surface area contributed by atoms with Gasteiger partial charge in [0.1, 0.15) is 0 Å². The van der Waals surface area contributed by atoms with Gasteiger partial charge in [0.15, 0.2) is 0 Å². The lowest BCUT2D eigenvalue weighted by Crippen LogP contribution is -2.54. The summed E-state index contributed by atoms with van der Waals surface area (Å²) >= 11 is 0. The molecule has 0 atom stereocenters. The summed E-state index contributed by atoms with van der Waals surface area (Å²) in [6, 6.07) is 74.4. The van der Waals surface area contributed by atoms with Crippen molar-refractivity contribution in [1.29, 1.82) is 0 Å². The third kappa shape index (κ3) is 4.91. The van der Waals surface area contributed by atoms with Gasteiger partial charge in [-0.2, -0.15) is 0 Å². The van der Waals surface area contributed by atoms with Gasteiger partial charge in [0.05, 0.1) is 0 Å². The van der Waals surface area contributed by atoms with Gasteiger partial charge in [0, 0.05) is 51.2 Å². The molecule has 0 spiro atoms. The van der Waals surface area contributed by atoms with Crippen LogP contribution in [0.5, 0.6) is 0 Å². The Morgan fingerprint density at radius 3 is 1.31 bits per heavy atom. The van der Waals surface area contributed by atoms with E-state index >= 15 is 0 Å². The monoisotopic (exact) mass is 663 g/mol. The molecule has 0 saturated carbocycles. The average molecular weight is 664 g/mol. The highest BCUT2D eigenvalue weighted by molar-refractivity contribution is 7.01. The SMILES string of the molecule is c1ccc(N(c2ccccc2)c2ccc3c(c2)-c2cccc4c2B3c2ccc(N(c3ccccc3)c3ccccc3)cc2N4c2ccccc2)cc1. The topological polar surface area (TPSA) is 9.72 Å². The molecule has 2 aliphatic heterocycles. The van der Waals surface area contributed by atoms with Crippen LogP contribution in [0.1, 0.15) is 0 Å². The molecule has 2 heterocycles. The molecule has 8 aromatic carbocycles. The third-order valence-electron chi connectivity index (χ3n) is 10.4. The third-order valence-corrected chi connectivity index (χ3v) is 10.4. The van der Waals surface area contributed by atoms with Gasteiger partial charge in [-0.3, -0.25) is 0 Å². The Morgan fingerprint density at radius 2 is 0.788 bits per heavy atom. The van der Waals surface area contributed by atoms with Gasteiger partial charge < -0.3 is 14.7 Å². The maximum atomic E-state index is 2.47. The van der Waals surface area contributed by atoms with E-state index in [0.29, 0.717) is 0 Å². The van der Waals surface area contributed by atoms with Gasteiger partial charge in [-0.05, 0) is 113 Å². The van der Waals surface area contributed by atoms with Crippen LogP contribution in [0.2, 0.25) is 0 Å². The van der Waals surface area contributed by atoms with Gasteiger partial charge >= 0.3 is 0 Å². The molecule has 0 amide bonds. The normalized spacial score (nSPS) is 12.2. The number of fused-ring (bicyclic) bond motifs is 5. The zero-order chi connectivity index (χ0) is 34.4. The van der Waals surface area contributed by atoms with Crippen molar-refractivity contribution >= 4 is 74.3 Å². The summed E-state index contributed by atoms with van der Waals surface area (Å²) in [6.45, 7) is 0.114. The summed E-state index contributed by atoms with van der Waals surface area (Å²) in [5.41, 5.74) is 17.0. The molecule has 0 bridgehead atoms. The van der Waals surface area contributed by atoms with Gasteiger partial charge in [-0.25, -0.2) is 0 Å². The van der Waals surface area contributed by atoms with E-state index in [0.717, 1.165) is 39.8 Å². The van der Waals surface area contributed by atoms with Crippen LogP contribution in [0, 0.1) is 0 Å². The van der Waals surface area contributed by atoms with Crippen LogP contribution in [0.4, 0.5) is 51.2 Å². The molecule has 0 saturated heterocycles. The molecule has 0 aliphatic carbocycles. The van der Waals surface area contributed by atoms with Crippen LogP contribution < -0.4 is 31.1 Å². The van der Waals surface area contributed by atoms with E-state index in [1.807, 2.05) is 0 Å². The Morgan fingerprint density at radius 1 is 0.327 bits per heavy atom. The molecule has 0 unspecified atom stereocenters. The molecule has 0 N–H and O–H groups in total. The fourth-order valence-corrected chi connectivity index (χ4v) is 8.23. The van der Waals surface area contributed by atoms with Crippen LogP contribution in [-0.2, 0) is 0 Å². The predicted molar refractivity (Wildman–Crippen MR) is 221 cm³/mol. The van der Waals surface area contributed by atoms with Crippen molar-refractivity contribution in [2.24, 2.45) is 0 Å². The quantitative estimate of drug-likeness (QED) is 0.157. The summed E-state index contributed by atoms with van der Waals surface area (Å²) in [5, 5.41) is 0. The summed E-state index contributed by atoms with van der Waals surface area (Å²) in [4.78, 5) is 7.18. The van der Waals surface area contributed by atoms with Crippen molar-refractivity contribution in [3.05, 3.63) is 206 Å². The van der Waals surface area contributed by atoms with E-state index in [1.165, 1.54) is 38.9 Å². The van der Waals surface area contributed by atoms with E-state index in [2.05, 4.69) is 221 Å². The van der Waals surface area contributed by atoms with Gasteiger partial charge in [-0.1, -0.05) is 121 Å². The molecule has 3 nitrogen and oxygen atoms in total. The Labute approximate surface area is 305 Å². The second kappa shape index (κ2) is 12.5. The highest BCUT2D eigenvalue weighted by Gasteiger charge is 2.42. The predicted octanol–water partition coefficient (Wildman–Crippen LogP) is 10.9. The van der Waals surface area contributed by atoms with Crippen LogP contribution in [0.25, 0.3) is 11.1 Å². The minimum absolute atomic E-state index is 0.114. The van der Waals surface area contributed by atoms with E-state index < -0.39 is 0 Å². The van der Waals surface area contributed by atoms with Crippen LogP contribution in [0.3, 0.4) is 0 Å². The van der Waals surface area contributed by atoms with Crippen molar-refractivity contribution in [3.8, 4) is 11.1 Å². The number of anilines is 9. The lowest BCUT2D eigenvalue weighted by Gasteiger charge is -2.37. The molecule has 0 aromatic heterocycles. The van der Waals surface area contributed by atoms with Crippen LogP contribution in [-0.4, -0.2) is 6.71 Å². The molecule has 10 rings (SSSR count). The molecule has 8 aromatic rings. The van der Waals surface area contributed by atoms with E-state index in [4.69, 9.17) is 0 Å². The van der Waals surface area contributed by atoms with Crippen molar-refractivity contribution < 1.29 is 0 Å². The standard InChI is InChI=1S/C48H34BN3/c1-6-17-35(18-7-1)50(36-19-8-2-9-20-36)40-29-31-44-43(33-40)42-27-16-28-46-48(42)49(44)45-32-30-41(34-47(45)52(46)39-25-14-5-15-26-39)51(37-21-10-3-11-22-37)38-23-12-4-13-24-38/h1-34H. The number of benzene rings is 8. The number of nitrogens with zero attached hydrogens (tertiary/aromatic N) is 3. The number of hydrogen-bond acceptors (Lipinski definition) is 3. The largest absolute Gasteiger partial charge is 0.311 e. The molecule has 2 aliphatic rings. The number of para-hydroxylation sites is 5. The average Bonchev–Trinajstić information content (AvgIpc) is 3.55. The fraction of sp³-hybridized carbons (Fsp3) is 0. The maximum Gasteiger partial charge on any atom is 0.248 e. The lowest BCUT2D eigenvalue weighted by molar-refractivity contribution is 1.26. The summed E-state index contributed by atoms with van der Waals surface area (Å²) in [7, 11) is 0. The molecule has 0 fully saturated rings. The molecular formula is C48H34BN3. The first-order valence-corrected chi connectivity index (χ1v) is 17.9. The second-order valence-corrected chi connectivity index (χ2v) is 13.4. The van der Waals surface area contributed by atoms with Crippen molar-refractivity contribution in [1.82, 2.24) is 0 Å². The first-order valence-electron chi connectivity index (χ1n) is 17.9. The highest BCUT2D eigenvalue weighted by atomic mass is 15.2. The van der Waals surface area contributed by atoms with Gasteiger partial charge in [-0.15, -0.1) is 0 Å². The number of hydrogen-bond donors (Lipinski definition) is 0. The molecule has 52 heavy (non-hydrogen) atoms. The van der Waals surface area contributed by atoms with Crippen molar-refractivity contribution in [3.63, 3.8) is 0 Å². The van der Waals surface area contributed by atoms with Crippen molar-refractivity contribution in [2.45, 2.75) is 0 Å². The summed E-state index contributed by atoms with van der Waals surface area (Å²) < 4.78 is 0. The van der Waals surface area contributed by atoms with Crippen LogP contribution in [0.15, 0.2) is 206 Å². The Balaban J connectivity index is 1.18. The minimum Gasteiger partial charge on any atom is -0.311 e. The summed E-state index contributed by atoms with van der Waals surface area (Å²) in [5.74, 6) is 0. The Kier molecular flexibility index (Phi) is 7.25.